The first-order valence-electron chi connectivity index (χ1n) is 7.49. The summed E-state index contributed by atoms with van der Waals surface area (Å²) in [5, 5.41) is 20.3. The highest BCUT2D eigenvalue weighted by molar-refractivity contribution is 7.93. The van der Waals surface area contributed by atoms with Gasteiger partial charge in [0.15, 0.2) is 14.6 Å². The van der Waals surface area contributed by atoms with Gasteiger partial charge in [-0.15, -0.1) is 0 Å². The molecule has 1 aliphatic rings. The fourth-order valence-corrected chi connectivity index (χ4v) is 5.02. The number of nitriles is 1. The van der Waals surface area contributed by atoms with Crippen molar-refractivity contribution in [1.29, 1.82) is 5.26 Å². The number of halogens is 1. The molecule has 0 aliphatic carbocycles. The molecule has 136 valence electrons. The number of nitrogens with two attached hydrogens (primary N) is 1. The van der Waals surface area contributed by atoms with Gasteiger partial charge in [-0.3, -0.25) is 10.1 Å². The van der Waals surface area contributed by atoms with Crippen LogP contribution < -0.4 is 5.73 Å². The highest BCUT2D eigenvalue weighted by Gasteiger charge is 2.48. The van der Waals surface area contributed by atoms with E-state index >= 15 is 0 Å². The molecular weight excluding hydrogens is 353 g/mol. The van der Waals surface area contributed by atoms with E-state index in [0.29, 0.717) is 0 Å². The number of rotatable bonds is 5. The number of nitro benzene ring substituents is 1. The van der Waals surface area contributed by atoms with Gasteiger partial charge in [-0.05, 0) is 13.0 Å². The number of nitrogens with zero attached hydrogens (tertiary/aromatic N) is 2. The zero-order valence-electron chi connectivity index (χ0n) is 13.6. The van der Waals surface area contributed by atoms with Crippen molar-refractivity contribution in [2.45, 2.75) is 30.1 Å². The third-order valence-electron chi connectivity index (χ3n) is 4.37. The molecule has 1 saturated heterocycles. The van der Waals surface area contributed by atoms with Gasteiger partial charge in [0.25, 0.3) is 5.69 Å². The second-order valence-corrected chi connectivity index (χ2v) is 8.62. The lowest BCUT2D eigenvalue weighted by Gasteiger charge is -2.34. The van der Waals surface area contributed by atoms with Crippen LogP contribution >= 0.6 is 0 Å². The quantitative estimate of drug-likeness (QED) is 0.610. The normalized spacial score (nSPS) is 19.6. The summed E-state index contributed by atoms with van der Waals surface area (Å²) in [6.45, 7) is 1.52. The molecule has 0 aromatic heterocycles. The Morgan fingerprint density at radius 1 is 1.48 bits per heavy atom. The number of benzene rings is 1. The molecule has 8 nitrogen and oxygen atoms in total. The summed E-state index contributed by atoms with van der Waals surface area (Å²) >= 11 is 0. The molecule has 1 aromatic rings. The molecule has 0 spiro atoms. The largest absolute Gasteiger partial charge is 0.381 e. The Morgan fingerprint density at radius 2 is 2.08 bits per heavy atom. The minimum absolute atomic E-state index is 0.000662. The van der Waals surface area contributed by atoms with E-state index in [1.807, 2.05) is 6.07 Å². The minimum Gasteiger partial charge on any atom is -0.381 e. The van der Waals surface area contributed by atoms with Crippen molar-refractivity contribution >= 4 is 15.5 Å². The predicted molar refractivity (Wildman–Crippen MR) is 86.8 cm³/mol. The maximum Gasteiger partial charge on any atom is 0.269 e. The summed E-state index contributed by atoms with van der Waals surface area (Å²) in [6, 6.07) is 4.62. The molecule has 0 amide bonds. The maximum atomic E-state index is 14.1. The van der Waals surface area contributed by atoms with Crippen molar-refractivity contribution in [3.05, 3.63) is 39.7 Å². The first-order chi connectivity index (χ1) is 11.5. The topological polar surface area (TPSA) is 136 Å². The maximum absolute atomic E-state index is 14.1. The van der Waals surface area contributed by atoms with Gasteiger partial charge in [-0.1, -0.05) is 0 Å². The van der Waals surface area contributed by atoms with Gasteiger partial charge in [-0.25, -0.2) is 12.8 Å². The highest BCUT2D eigenvalue weighted by Crippen LogP contribution is 2.34. The molecule has 2 rings (SSSR count). The lowest BCUT2D eigenvalue weighted by molar-refractivity contribution is -0.385. The number of nitro groups is 1. The SMILES string of the molecule is C[C@](N)(CS(=O)(=O)C1(C#N)CCOCC1)c1cc([N+](=O)[O-])ccc1F. The monoisotopic (exact) mass is 371 g/mol. The Balaban J connectivity index is 2.42. The van der Waals surface area contributed by atoms with E-state index in [-0.39, 0.29) is 31.6 Å². The first-order valence-corrected chi connectivity index (χ1v) is 9.14. The Bertz CT molecular complexity index is 826. The summed E-state index contributed by atoms with van der Waals surface area (Å²) in [5.74, 6) is -1.56. The van der Waals surface area contributed by atoms with Gasteiger partial charge in [-0.2, -0.15) is 5.26 Å². The third-order valence-corrected chi connectivity index (χ3v) is 7.04. The molecule has 0 unspecified atom stereocenters. The van der Waals surface area contributed by atoms with Gasteiger partial charge in [0.1, 0.15) is 5.82 Å². The number of ether oxygens (including phenoxy) is 1. The Hall–Kier alpha value is -2.09. The number of hydrogen-bond donors (Lipinski definition) is 1. The lowest BCUT2D eigenvalue weighted by Crippen LogP contribution is -2.50. The summed E-state index contributed by atoms with van der Waals surface area (Å²) in [7, 11) is -4.05. The second-order valence-electron chi connectivity index (χ2n) is 6.32. The van der Waals surface area contributed by atoms with Crippen molar-refractivity contribution in [3.8, 4) is 6.07 Å². The van der Waals surface area contributed by atoms with Crippen LogP contribution in [0.2, 0.25) is 0 Å². The molecule has 0 bridgehead atoms. The van der Waals surface area contributed by atoms with E-state index in [9.17, 15) is 28.2 Å². The minimum atomic E-state index is -4.05. The van der Waals surface area contributed by atoms with Crippen LogP contribution in [0.3, 0.4) is 0 Å². The third kappa shape index (κ3) is 3.63. The lowest BCUT2D eigenvalue weighted by atomic mass is 9.94. The molecule has 2 N–H and O–H groups in total. The van der Waals surface area contributed by atoms with E-state index in [1.54, 1.807) is 0 Å². The van der Waals surface area contributed by atoms with Crippen LogP contribution in [0.25, 0.3) is 0 Å². The van der Waals surface area contributed by atoms with E-state index in [1.165, 1.54) is 6.92 Å². The van der Waals surface area contributed by atoms with Crippen LogP contribution in [-0.2, 0) is 20.1 Å². The Kier molecular flexibility index (Phi) is 5.13. The Morgan fingerprint density at radius 3 is 2.60 bits per heavy atom. The van der Waals surface area contributed by atoms with Crippen LogP contribution in [0, 0.1) is 27.3 Å². The molecule has 1 heterocycles. The van der Waals surface area contributed by atoms with Crippen LogP contribution in [0.5, 0.6) is 0 Å². The zero-order valence-corrected chi connectivity index (χ0v) is 14.4. The van der Waals surface area contributed by atoms with Crippen molar-refractivity contribution in [1.82, 2.24) is 0 Å². The van der Waals surface area contributed by atoms with Gasteiger partial charge in [0, 0.05) is 43.8 Å². The predicted octanol–water partition coefficient (Wildman–Crippen LogP) is 1.40. The second kappa shape index (κ2) is 6.67. The van der Waals surface area contributed by atoms with Crippen LogP contribution in [0.15, 0.2) is 18.2 Å². The average molecular weight is 371 g/mol. The molecular formula is C15H18FN3O5S. The summed E-state index contributed by atoms with van der Waals surface area (Å²) < 4.78 is 43.3. The molecule has 10 heteroatoms. The molecule has 0 radical (unpaired) electrons. The molecule has 1 atom stereocenters. The van der Waals surface area contributed by atoms with Crippen LogP contribution in [0.4, 0.5) is 10.1 Å². The van der Waals surface area contributed by atoms with Gasteiger partial charge < -0.3 is 10.5 Å². The first kappa shape index (κ1) is 19.2. The molecule has 25 heavy (non-hydrogen) atoms. The van der Waals surface area contributed by atoms with Crippen molar-refractivity contribution in [2.75, 3.05) is 19.0 Å². The van der Waals surface area contributed by atoms with Crippen molar-refractivity contribution in [3.63, 3.8) is 0 Å². The van der Waals surface area contributed by atoms with Crippen molar-refractivity contribution in [2.24, 2.45) is 5.73 Å². The molecule has 1 aliphatic heterocycles. The van der Waals surface area contributed by atoms with Gasteiger partial charge in [0.2, 0.25) is 0 Å². The Labute approximate surface area is 144 Å². The van der Waals surface area contributed by atoms with Crippen molar-refractivity contribution < 1.29 is 22.5 Å². The van der Waals surface area contributed by atoms with Crippen LogP contribution in [0.1, 0.15) is 25.3 Å². The van der Waals surface area contributed by atoms with Gasteiger partial charge >= 0.3 is 0 Å². The van der Waals surface area contributed by atoms with Gasteiger partial charge in [0.05, 0.1) is 22.3 Å². The fourth-order valence-electron chi connectivity index (χ4n) is 2.87. The summed E-state index contributed by atoms with van der Waals surface area (Å²) in [5.41, 5.74) is 3.61. The average Bonchev–Trinajstić information content (AvgIpc) is 2.54. The molecule has 1 aromatic carbocycles. The van der Waals surface area contributed by atoms with E-state index in [4.69, 9.17) is 10.5 Å². The van der Waals surface area contributed by atoms with E-state index < -0.39 is 42.3 Å². The number of sulfone groups is 1. The summed E-state index contributed by atoms with van der Waals surface area (Å²) in [6.07, 6.45) is -0.00132. The highest BCUT2D eigenvalue weighted by atomic mass is 32.2. The fraction of sp³-hybridized carbons (Fsp3) is 0.533. The van der Waals surface area contributed by atoms with E-state index in [0.717, 1.165) is 18.2 Å². The standard InChI is InChI=1S/C15H18FN3O5S/c1-14(18,12-8-11(19(20)21)2-3-13(12)16)10-25(22,23)15(9-17)4-6-24-7-5-15/h2-3,8H,4-7,10,18H2,1H3/t14-/m0/s1. The summed E-state index contributed by atoms with van der Waals surface area (Å²) in [4.78, 5) is 10.2. The van der Waals surface area contributed by atoms with E-state index in [2.05, 4.69) is 0 Å². The molecule has 0 saturated carbocycles. The molecule has 1 fully saturated rings. The number of hydrogen-bond acceptors (Lipinski definition) is 7. The zero-order chi connectivity index (χ0) is 18.9. The number of non-ortho nitro benzene ring substituents is 1. The smallest absolute Gasteiger partial charge is 0.269 e. The van der Waals surface area contributed by atoms with Crippen LogP contribution in [-0.4, -0.2) is 37.1 Å².